The Hall–Kier alpha value is -1.84. The minimum atomic E-state index is -0.854. The van der Waals surface area contributed by atoms with Crippen LogP contribution in [0.5, 0.6) is 5.75 Å². The molecule has 0 atom stereocenters. The van der Waals surface area contributed by atoms with Crippen LogP contribution in [0.25, 0.3) is 0 Å². The van der Waals surface area contributed by atoms with Crippen LogP contribution in [0, 0.1) is 13.8 Å². The molecule has 0 fully saturated rings. The van der Waals surface area contributed by atoms with Gasteiger partial charge in [-0.3, -0.25) is 4.79 Å². The summed E-state index contributed by atoms with van der Waals surface area (Å²) < 4.78 is 9.52. The summed E-state index contributed by atoms with van der Waals surface area (Å²) in [5.41, 5.74) is 1.93. The number of ketones is 1. The van der Waals surface area contributed by atoms with Crippen LogP contribution in [-0.2, 0) is 9.53 Å². The van der Waals surface area contributed by atoms with Gasteiger partial charge in [-0.2, -0.15) is 0 Å². The number of esters is 1. The lowest BCUT2D eigenvalue weighted by Crippen LogP contribution is -2.17. The Morgan fingerprint density at radius 3 is 2.19 bits per heavy atom. The van der Waals surface area contributed by atoms with E-state index >= 15 is 0 Å². The van der Waals surface area contributed by atoms with E-state index in [1.54, 1.807) is 26.2 Å². The van der Waals surface area contributed by atoms with E-state index in [0.29, 0.717) is 11.3 Å². The molecule has 86 valence electrons. The van der Waals surface area contributed by atoms with Crippen LogP contribution >= 0.6 is 0 Å². The Balaban J connectivity index is 3.22. The van der Waals surface area contributed by atoms with Crippen LogP contribution in [0.4, 0.5) is 0 Å². The molecule has 0 amide bonds. The molecule has 0 spiro atoms. The third kappa shape index (κ3) is 2.05. The van der Waals surface area contributed by atoms with Crippen molar-refractivity contribution in [1.82, 2.24) is 0 Å². The highest BCUT2D eigenvalue weighted by atomic mass is 16.5. The molecule has 1 aromatic carbocycles. The molecule has 0 unspecified atom stereocenters. The molecule has 0 aliphatic heterocycles. The topological polar surface area (TPSA) is 52.6 Å². The van der Waals surface area contributed by atoms with E-state index in [1.165, 1.54) is 7.11 Å². The van der Waals surface area contributed by atoms with Gasteiger partial charge in [0.1, 0.15) is 5.75 Å². The van der Waals surface area contributed by atoms with Crippen LogP contribution in [0.2, 0.25) is 0 Å². The van der Waals surface area contributed by atoms with Gasteiger partial charge in [0.05, 0.1) is 14.2 Å². The summed E-state index contributed by atoms with van der Waals surface area (Å²) in [5.74, 6) is -0.794. The molecule has 0 aromatic heterocycles. The third-order valence-electron chi connectivity index (χ3n) is 2.57. The summed E-state index contributed by atoms with van der Waals surface area (Å²) in [6.07, 6.45) is 0. The van der Waals surface area contributed by atoms with Crippen molar-refractivity contribution >= 4 is 11.8 Å². The molecule has 1 aromatic rings. The number of hydrogen-bond donors (Lipinski definition) is 0. The van der Waals surface area contributed by atoms with Crippen molar-refractivity contribution in [3.8, 4) is 5.75 Å². The van der Waals surface area contributed by atoms with E-state index < -0.39 is 11.8 Å². The van der Waals surface area contributed by atoms with Crippen LogP contribution < -0.4 is 4.74 Å². The van der Waals surface area contributed by atoms with E-state index in [9.17, 15) is 9.59 Å². The van der Waals surface area contributed by atoms with Crippen molar-refractivity contribution < 1.29 is 19.1 Å². The van der Waals surface area contributed by atoms with Crippen molar-refractivity contribution in [2.24, 2.45) is 0 Å². The van der Waals surface area contributed by atoms with Gasteiger partial charge in [-0.1, -0.05) is 0 Å². The molecule has 0 saturated heterocycles. The molecular weight excluding hydrogens is 208 g/mol. The second kappa shape index (κ2) is 4.79. The summed E-state index contributed by atoms with van der Waals surface area (Å²) in [6.45, 7) is 3.61. The van der Waals surface area contributed by atoms with E-state index in [1.807, 2.05) is 6.92 Å². The number of ether oxygens (including phenoxy) is 2. The van der Waals surface area contributed by atoms with Gasteiger partial charge in [-0.25, -0.2) is 4.79 Å². The van der Waals surface area contributed by atoms with Crippen molar-refractivity contribution in [2.45, 2.75) is 13.8 Å². The zero-order valence-corrected chi connectivity index (χ0v) is 9.79. The second-order valence-corrected chi connectivity index (χ2v) is 3.39. The molecule has 0 bridgehead atoms. The first-order valence-electron chi connectivity index (χ1n) is 4.79. The Bertz CT molecular complexity index is 435. The van der Waals surface area contributed by atoms with E-state index in [-0.39, 0.29) is 0 Å². The Kier molecular flexibility index (Phi) is 3.66. The van der Waals surface area contributed by atoms with Crippen molar-refractivity contribution in [3.63, 3.8) is 0 Å². The van der Waals surface area contributed by atoms with Gasteiger partial charge in [-0.05, 0) is 37.1 Å². The fourth-order valence-electron chi connectivity index (χ4n) is 1.47. The number of methoxy groups -OCH3 is 2. The largest absolute Gasteiger partial charge is 0.496 e. The monoisotopic (exact) mass is 222 g/mol. The van der Waals surface area contributed by atoms with E-state index in [4.69, 9.17) is 4.74 Å². The zero-order chi connectivity index (χ0) is 12.3. The highest BCUT2D eigenvalue weighted by molar-refractivity contribution is 6.41. The summed E-state index contributed by atoms with van der Waals surface area (Å²) >= 11 is 0. The molecule has 0 heterocycles. The maximum absolute atomic E-state index is 11.6. The lowest BCUT2D eigenvalue weighted by molar-refractivity contribution is -0.135. The van der Waals surface area contributed by atoms with E-state index in [2.05, 4.69) is 4.74 Å². The zero-order valence-electron chi connectivity index (χ0n) is 9.79. The van der Waals surface area contributed by atoms with Gasteiger partial charge >= 0.3 is 5.97 Å². The molecular formula is C12H14O4. The number of benzene rings is 1. The molecule has 0 aliphatic rings. The predicted octanol–water partition coefficient (Wildman–Crippen LogP) is 1.67. The molecule has 0 radical (unpaired) electrons. The summed E-state index contributed by atoms with van der Waals surface area (Å²) in [5, 5.41) is 0. The van der Waals surface area contributed by atoms with Gasteiger partial charge in [0.25, 0.3) is 5.78 Å². The average molecular weight is 222 g/mol. The minimum Gasteiger partial charge on any atom is -0.496 e. The fourth-order valence-corrected chi connectivity index (χ4v) is 1.47. The average Bonchev–Trinajstić information content (AvgIpc) is 2.30. The van der Waals surface area contributed by atoms with Crippen molar-refractivity contribution in [1.29, 1.82) is 0 Å². The van der Waals surface area contributed by atoms with Crippen molar-refractivity contribution in [2.75, 3.05) is 14.2 Å². The van der Waals surface area contributed by atoms with Crippen LogP contribution in [0.1, 0.15) is 21.5 Å². The fraction of sp³-hybridized carbons (Fsp3) is 0.333. The Morgan fingerprint density at radius 1 is 1.06 bits per heavy atom. The lowest BCUT2D eigenvalue weighted by atomic mass is 9.99. The van der Waals surface area contributed by atoms with Crippen molar-refractivity contribution in [3.05, 3.63) is 28.8 Å². The standard InChI is InChI=1S/C12H14O4/c1-7-8(2)10(15-3)6-5-9(7)11(13)12(14)16-4/h5-6H,1-4H3. The SMILES string of the molecule is COC(=O)C(=O)c1ccc(OC)c(C)c1C. The quantitative estimate of drug-likeness (QED) is 0.443. The first-order chi connectivity index (χ1) is 7.52. The summed E-state index contributed by atoms with van der Waals surface area (Å²) in [6, 6.07) is 3.24. The Morgan fingerprint density at radius 2 is 1.69 bits per heavy atom. The van der Waals surface area contributed by atoms with Gasteiger partial charge < -0.3 is 9.47 Å². The predicted molar refractivity (Wildman–Crippen MR) is 58.8 cm³/mol. The maximum Gasteiger partial charge on any atom is 0.379 e. The highest BCUT2D eigenvalue weighted by Crippen LogP contribution is 2.24. The highest BCUT2D eigenvalue weighted by Gasteiger charge is 2.20. The van der Waals surface area contributed by atoms with Gasteiger partial charge in [-0.15, -0.1) is 0 Å². The minimum absolute atomic E-state index is 0.352. The number of hydrogen-bond acceptors (Lipinski definition) is 4. The smallest absolute Gasteiger partial charge is 0.379 e. The first-order valence-corrected chi connectivity index (χ1v) is 4.79. The third-order valence-corrected chi connectivity index (χ3v) is 2.57. The number of carbonyl (C=O) groups is 2. The molecule has 1 rings (SSSR count). The number of carbonyl (C=O) groups excluding carboxylic acids is 2. The lowest BCUT2D eigenvalue weighted by Gasteiger charge is -2.10. The Labute approximate surface area is 94.2 Å². The first kappa shape index (κ1) is 12.2. The van der Waals surface area contributed by atoms with Crippen LogP contribution in [0.15, 0.2) is 12.1 Å². The van der Waals surface area contributed by atoms with Gasteiger partial charge in [0, 0.05) is 5.56 Å². The van der Waals surface area contributed by atoms with Crippen LogP contribution in [0.3, 0.4) is 0 Å². The van der Waals surface area contributed by atoms with Crippen LogP contribution in [-0.4, -0.2) is 26.0 Å². The maximum atomic E-state index is 11.6. The summed E-state index contributed by atoms with van der Waals surface area (Å²) in [4.78, 5) is 22.8. The molecule has 0 saturated carbocycles. The number of Topliss-reactive ketones (excluding diaryl/α,β-unsaturated/α-hetero) is 1. The van der Waals surface area contributed by atoms with E-state index in [0.717, 1.165) is 11.1 Å². The molecule has 0 aliphatic carbocycles. The van der Waals surface area contributed by atoms with Gasteiger partial charge in [0.2, 0.25) is 0 Å². The normalized spacial score (nSPS) is 9.75. The summed E-state index contributed by atoms with van der Waals surface area (Å²) in [7, 11) is 2.75. The molecule has 4 heteroatoms. The molecule has 16 heavy (non-hydrogen) atoms. The molecule has 4 nitrogen and oxygen atoms in total. The number of rotatable bonds is 3. The second-order valence-electron chi connectivity index (χ2n) is 3.39. The molecule has 0 N–H and O–H groups in total. The van der Waals surface area contributed by atoms with Gasteiger partial charge in [0.15, 0.2) is 0 Å².